The molecule has 73 heavy (non-hydrogen) atoms. The van der Waals surface area contributed by atoms with Gasteiger partial charge in [0, 0.05) is 32.6 Å². The van der Waals surface area contributed by atoms with Crippen LogP contribution in [0.4, 0.5) is 0 Å². The summed E-state index contributed by atoms with van der Waals surface area (Å²) >= 11 is 0. The molecule has 0 spiro atoms. The number of carbonyl (C=O) groups is 11. The Morgan fingerprint density at radius 1 is 0.493 bits per heavy atom. The lowest BCUT2D eigenvalue weighted by Crippen LogP contribution is -2.60. The van der Waals surface area contributed by atoms with Gasteiger partial charge in [0.25, 0.3) is 0 Å². The molecule has 9 amide bonds. The van der Waals surface area contributed by atoms with E-state index < -0.39 is 139 Å². The molecule has 12 N–H and O–H groups in total. The van der Waals surface area contributed by atoms with Crippen LogP contribution < -0.4 is 48.3 Å². The molecule has 0 aliphatic rings. The largest absolute Gasteiger partial charge is 0.481 e. The van der Waals surface area contributed by atoms with Crippen molar-refractivity contribution < 1.29 is 63.0 Å². The monoisotopic (exact) mass is 1010 g/mol. The molecule has 0 fully saturated rings. The fourth-order valence-electron chi connectivity index (χ4n) is 7.45. The van der Waals surface area contributed by atoms with Gasteiger partial charge in [0.1, 0.15) is 42.3 Å². The van der Waals surface area contributed by atoms with Crippen molar-refractivity contribution in [2.75, 3.05) is 6.54 Å². The minimum absolute atomic E-state index is 0.0152. The van der Waals surface area contributed by atoms with Gasteiger partial charge in [-0.05, 0) is 34.9 Å². The van der Waals surface area contributed by atoms with Crippen molar-refractivity contribution in [1.29, 1.82) is 0 Å². The molecule has 0 aromatic heterocycles. The Hall–Kier alpha value is -8.17. The van der Waals surface area contributed by atoms with Gasteiger partial charge in [0.2, 0.25) is 53.2 Å². The first kappa shape index (κ1) is 59.1. The zero-order valence-corrected chi connectivity index (χ0v) is 41.5. The van der Waals surface area contributed by atoms with Crippen LogP contribution in [0.1, 0.15) is 77.0 Å². The maximum Gasteiger partial charge on any atom is 0.305 e. The van der Waals surface area contributed by atoms with E-state index in [1.165, 1.54) is 6.92 Å². The average molecular weight is 1010 g/mol. The highest BCUT2D eigenvalue weighted by molar-refractivity contribution is 5.98. The van der Waals surface area contributed by atoms with Crippen molar-refractivity contribution in [3.05, 3.63) is 108 Å². The number of hydrogen-bond acceptors (Lipinski definition) is 11. The normalized spacial score (nSPS) is 14.2. The van der Waals surface area contributed by atoms with Crippen LogP contribution in [-0.4, -0.2) is 124 Å². The van der Waals surface area contributed by atoms with Gasteiger partial charge in [-0.15, -0.1) is 0 Å². The van der Waals surface area contributed by atoms with Gasteiger partial charge in [-0.3, -0.25) is 52.7 Å². The minimum atomic E-state index is -1.90. The molecule has 22 heteroatoms. The van der Waals surface area contributed by atoms with E-state index in [4.69, 9.17) is 5.73 Å². The molecular formula is C51H67N9O13. The van der Waals surface area contributed by atoms with Crippen molar-refractivity contribution in [3.8, 4) is 0 Å². The number of primary amides is 1. The van der Waals surface area contributed by atoms with Crippen molar-refractivity contribution in [1.82, 2.24) is 42.5 Å². The fraction of sp³-hybridized carbons (Fsp3) is 0.431. The number of carboxylic acid groups (broad SMARTS) is 2. The molecule has 0 aliphatic carbocycles. The molecule has 0 bridgehead atoms. The zero-order chi connectivity index (χ0) is 54.2. The SMILES string of the molecule is CC[C@H](C)[C@H](NC(=O)[C@H](Cc1ccccc1)NC(=O)CNC(=O)[C@@H](NC(=O)[C@H](Cc1ccccc1)NC(=O)[C@H](CC(=O)O)NC(=O)[C@H](CCC(=O)O)NC(=O)[C@H](Cc1ccccc1)NC(C)=O)C(C)C)C(N)=O. The topological polar surface area (TPSA) is 350 Å². The molecule has 22 nitrogen and oxygen atoms in total. The number of nitrogens with one attached hydrogen (secondary N) is 8. The van der Waals surface area contributed by atoms with Crippen LogP contribution in [-0.2, 0) is 72.0 Å². The van der Waals surface area contributed by atoms with E-state index in [0.717, 1.165) is 0 Å². The second kappa shape index (κ2) is 29.9. The number of rotatable bonds is 30. The number of aliphatic carboxylic acids is 2. The predicted octanol–water partition coefficient (Wildman–Crippen LogP) is -0.229. The van der Waals surface area contributed by atoms with Gasteiger partial charge in [0.15, 0.2) is 0 Å². The highest BCUT2D eigenvalue weighted by Gasteiger charge is 2.35. The summed E-state index contributed by atoms with van der Waals surface area (Å²) in [6.45, 7) is 7.27. The van der Waals surface area contributed by atoms with Gasteiger partial charge >= 0.3 is 11.9 Å². The summed E-state index contributed by atoms with van der Waals surface area (Å²) in [5, 5.41) is 39.2. The van der Waals surface area contributed by atoms with Crippen LogP contribution in [0.2, 0.25) is 0 Å². The lowest BCUT2D eigenvalue weighted by Gasteiger charge is -2.28. The van der Waals surface area contributed by atoms with E-state index in [1.807, 2.05) is 6.92 Å². The third-order valence-electron chi connectivity index (χ3n) is 11.6. The summed E-state index contributed by atoms with van der Waals surface area (Å²) in [7, 11) is 0. The van der Waals surface area contributed by atoms with Gasteiger partial charge in [-0.1, -0.05) is 125 Å². The maximum absolute atomic E-state index is 14.2. The first-order chi connectivity index (χ1) is 34.6. The number of hydrogen-bond donors (Lipinski definition) is 11. The fourth-order valence-corrected chi connectivity index (χ4v) is 7.45. The molecule has 8 atom stereocenters. The van der Waals surface area contributed by atoms with Gasteiger partial charge in [-0.2, -0.15) is 0 Å². The molecule has 0 saturated heterocycles. The zero-order valence-electron chi connectivity index (χ0n) is 41.5. The molecule has 0 unspecified atom stereocenters. The first-order valence-electron chi connectivity index (χ1n) is 23.8. The second-order valence-electron chi connectivity index (χ2n) is 17.9. The van der Waals surface area contributed by atoms with Crippen molar-refractivity contribution in [3.63, 3.8) is 0 Å². The van der Waals surface area contributed by atoms with Crippen LogP contribution in [0, 0.1) is 11.8 Å². The van der Waals surface area contributed by atoms with Gasteiger partial charge in [0.05, 0.1) is 13.0 Å². The molecule has 0 saturated carbocycles. The van der Waals surface area contributed by atoms with Crippen LogP contribution in [0.15, 0.2) is 91.0 Å². The lowest BCUT2D eigenvalue weighted by molar-refractivity contribution is -0.141. The number of amides is 9. The Kier molecular flexibility index (Phi) is 24.2. The van der Waals surface area contributed by atoms with Crippen molar-refractivity contribution in [2.45, 2.75) is 122 Å². The molecule has 0 aliphatic heterocycles. The third kappa shape index (κ3) is 21.0. The van der Waals surface area contributed by atoms with Crippen LogP contribution in [0.25, 0.3) is 0 Å². The molecule has 3 rings (SSSR count). The Labute approximate surface area is 423 Å². The highest BCUT2D eigenvalue weighted by atomic mass is 16.4. The quantitative estimate of drug-likeness (QED) is 0.0412. The van der Waals surface area contributed by atoms with Crippen LogP contribution in [0.3, 0.4) is 0 Å². The molecule has 394 valence electrons. The van der Waals surface area contributed by atoms with E-state index in [1.54, 1.807) is 112 Å². The first-order valence-corrected chi connectivity index (χ1v) is 23.8. The van der Waals surface area contributed by atoms with Gasteiger partial charge in [-0.25, -0.2) is 0 Å². The number of nitrogens with two attached hydrogens (primary N) is 1. The molecule has 0 radical (unpaired) electrons. The number of carbonyl (C=O) groups excluding carboxylic acids is 9. The average Bonchev–Trinajstić information content (AvgIpc) is 3.34. The van der Waals surface area contributed by atoms with E-state index in [-0.39, 0.29) is 25.2 Å². The number of benzene rings is 3. The number of carboxylic acids is 2. The van der Waals surface area contributed by atoms with Crippen molar-refractivity contribution >= 4 is 65.1 Å². The standard InChI is InChI=1S/C51H67N9O13/c1-6-30(4)44(45(52)67)60-49(71)37(25-33-18-12-8-13-19-33)55-40(62)28-53-51(73)43(29(2)3)59-50(72)38(26-34-20-14-9-15-21-34)57-48(70)39(27-42(65)66)58-46(68)35(22-23-41(63)64)56-47(69)36(54-31(5)61)24-32-16-10-7-11-17-32/h7-21,29-30,35-39,43-44H,6,22-28H2,1-5H3,(H2,52,67)(H,53,73)(H,54,61)(H,55,62)(H,56,69)(H,57,70)(H,58,68)(H,59,72)(H,60,71)(H,63,64)(H,65,66)/t30-,35-,36-,37-,38-,39-,43-,44-/m0/s1. The summed E-state index contributed by atoms with van der Waals surface area (Å²) < 4.78 is 0. The second-order valence-corrected chi connectivity index (χ2v) is 17.9. The third-order valence-corrected chi connectivity index (χ3v) is 11.6. The van der Waals surface area contributed by atoms with E-state index in [9.17, 15) is 63.0 Å². The van der Waals surface area contributed by atoms with E-state index in [0.29, 0.717) is 23.1 Å². The molecule has 3 aromatic carbocycles. The Morgan fingerprint density at radius 3 is 1.32 bits per heavy atom. The maximum atomic E-state index is 14.2. The lowest BCUT2D eigenvalue weighted by atomic mass is 9.97. The van der Waals surface area contributed by atoms with Crippen LogP contribution >= 0.6 is 0 Å². The summed E-state index contributed by atoms with van der Waals surface area (Å²) in [6, 6.07) is 15.7. The minimum Gasteiger partial charge on any atom is -0.481 e. The van der Waals surface area contributed by atoms with E-state index >= 15 is 0 Å². The Balaban J connectivity index is 1.83. The van der Waals surface area contributed by atoms with Gasteiger partial charge < -0.3 is 58.5 Å². The Bertz CT molecular complexity index is 2390. The summed E-state index contributed by atoms with van der Waals surface area (Å²) in [6.07, 6.45) is -1.86. The van der Waals surface area contributed by atoms with E-state index in [2.05, 4.69) is 42.5 Å². The molecule has 0 heterocycles. The van der Waals surface area contributed by atoms with Crippen molar-refractivity contribution in [2.24, 2.45) is 17.6 Å². The summed E-state index contributed by atoms with van der Waals surface area (Å²) in [5.41, 5.74) is 7.42. The highest BCUT2D eigenvalue weighted by Crippen LogP contribution is 2.12. The molecule has 3 aromatic rings. The van der Waals surface area contributed by atoms with Crippen LogP contribution in [0.5, 0.6) is 0 Å². The molecular weight excluding hydrogens is 947 g/mol. The summed E-state index contributed by atoms with van der Waals surface area (Å²) in [5.74, 6) is -11.6. The summed E-state index contributed by atoms with van der Waals surface area (Å²) in [4.78, 5) is 144. The predicted molar refractivity (Wildman–Crippen MR) is 265 cm³/mol. The Morgan fingerprint density at radius 2 is 0.890 bits per heavy atom. The smallest absolute Gasteiger partial charge is 0.305 e.